The Morgan fingerprint density at radius 3 is 2.58 bits per heavy atom. The van der Waals surface area contributed by atoms with Crippen molar-refractivity contribution >= 4 is 11.6 Å². The molecule has 3 N–H and O–H groups in total. The minimum absolute atomic E-state index is 0.248. The van der Waals surface area contributed by atoms with Crippen LogP contribution in [0.25, 0.3) is 0 Å². The fraction of sp³-hybridized carbons (Fsp3) is 0.533. The third-order valence-electron chi connectivity index (χ3n) is 2.87. The van der Waals surface area contributed by atoms with Crippen LogP contribution in [0, 0.1) is 5.92 Å². The van der Waals surface area contributed by atoms with Crippen LogP contribution in [0.15, 0.2) is 35.3 Å². The third-order valence-corrected chi connectivity index (χ3v) is 2.87. The first-order valence-electron chi connectivity index (χ1n) is 6.87. The topological polar surface area (TPSA) is 59.6 Å². The number of para-hydroxylation sites is 1. The molecule has 0 aromatic heterocycles. The first-order chi connectivity index (χ1) is 9.13. The van der Waals surface area contributed by atoms with E-state index < -0.39 is 0 Å². The monoisotopic (exact) mass is 263 g/mol. The predicted octanol–water partition coefficient (Wildman–Crippen LogP) is 2.86. The summed E-state index contributed by atoms with van der Waals surface area (Å²) in [7, 11) is 0. The molecule has 0 radical (unpaired) electrons. The van der Waals surface area contributed by atoms with Gasteiger partial charge in [0.25, 0.3) is 0 Å². The van der Waals surface area contributed by atoms with Crippen molar-refractivity contribution in [3.05, 3.63) is 30.3 Å². The smallest absolute Gasteiger partial charge is 0.193 e. The van der Waals surface area contributed by atoms with Crippen LogP contribution in [0.4, 0.5) is 5.69 Å². The number of rotatable bonds is 7. The molecule has 0 aliphatic rings. The second-order valence-electron chi connectivity index (χ2n) is 4.78. The van der Waals surface area contributed by atoms with Crippen LogP contribution in [-0.2, 0) is 4.74 Å². The van der Waals surface area contributed by atoms with Gasteiger partial charge in [0.15, 0.2) is 5.96 Å². The van der Waals surface area contributed by atoms with Gasteiger partial charge in [-0.2, -0.15) is 0 Å². The van der Waals surface area contributed by atoms with E-state index in [1.165, 1.54) is 0 Å². The van der Waals surface area contributed by atoms with Gasteiger partial charge in [0.1, 0.15) is 0 Å². The molecule has 0 spiro atoms. The van der Waals surface area contributed by atoms with Crippen molar-refractivity contribution in [2.24, 2.45) is 16.6 Å². The van der Waals surface area contributed by atoms with Gasteiger partial charge < -0.3 is 15.8 Å². The average Bonchev–Trinajstić information content (AvgIpc) is 2.38. The number of hydrogen-bond donors (Lipinski definition) is 2. The highest BCUT2D eigenvalue weighted by Crippen LogP contribution is 2.11. The van der Waals surface area contributed by atoms with E-state index in [1.807, 2.05) is 37.3 Å². The lowest BCUT2D eigenvalue weighted by atomic mass is 10.0. The first-order valence-corrected chi connectivity index (χ1v) is 6.87. The van der Waals surface area contributed by atoms with Crippen LogP contribution < -0.4 is 11.1 Å². The van der Waals surface area contributed by atoms with Gasteiger partial charge in [-0.25, -0.2) is 0 Å². The molecule has 0 aliphatic carbocycles. The van der Waals surface area contributed by atoms with Gasteiger partial charge in [-0.05, 0) is 31.4 Å². The van der Waals surface area contributed by atoms with Gasteiger partial charge >= 0.3 is 0 Å². The summed E-state index contributed by atoms with van der Waals surface area (Å²) in [6, 6.07) is 9.80. The first kappa shape index (κ1) is 15.5. The van der Waals surface area contributed by atoms with E-state index in [0.717, 1.165) is 18.7 Å². The molecule has 0 saturated heterocycles. The number of hydrogen-bond acceptors (Lipinski definition) is 2. The molecule has 1 rings (SSSR count). The minimum atomic E-state index is 0.248. The number of aliphatic imine (C=N–C) groups is 1. The molecule has 0 aliphatic heterocycles. The van der Waals surface area contributed by atoms with Crippen molar-refractivity contribution in [3.63, 3.8) is 0 Å². The van der Waals surface area contributed by atoms with E-state index >= 15 is 0 Å². The Morgan fingerprint density at radius 2 is 2.00 bits per heavy atom. The number of ether oxygens (including phenoxy) is 1. The van der Waals surface area contributed by atoms with E-state index in [4.69, 9.17) is 10.5 Å². The summed E-state index contributed by atoms with van der Waals surface area (Å²) < 4.78 is 5.67. The second kappa shape index (κ2) is 8.53. The molecule has 0 heterocycles. The Kier molecular flexibility index (Phi) is 6.97. The van der Waals surface area contributed by atoms with E-state index in [9.17, 15) is 0 Å². The van der Waals surface area contributed by atoms with Crippen molar-refractivity contribution in [2.75, 3.05) is 18.5 Å². The lowest BCUT2D eigenvalue weighted by Crippen LogP contribution is -2.25. The summed E-state index contributed by atoms with van der Waals surface area (Å²) >= 11 is 0. The van der Waals surface area contributed by atoms with E-state index in [-0.39, 0.29) is 6.10 Å². The number of nitrogens with zero attached hydrogens (tertiary/aromatic N) is 1. The Bertz CT molecular complexity index is 376. The Morgan fingerprint density at radius 1 is 1.32 bits per heavy atom. The molecule has 0 amide bonds. The molecule has 106 valence electrons. The Hall–Kier alpha value is -1.55. The normalized spacial score (nSPS) is 13.6. The molecular formula is C15H25N3O. The van der Waals surface area contributed by atoms with Gasteiger partial charge in [0.2, 0.25) is 0 Å². The van der Waals surface area contributed by atoms with Gasteiger partial charge in [-0.1, -0.05) is 32.0 Å². The molecule has 1 aromatic rings. The molecule has 0 saturated carbocycles. The van der Waals surface area contributed by atoms with Crippen molar-refractivity contribution in [1.29, 1.82) is 0 Å². The summed E-state index contributed by atoms with van der Waals surface area (Å²) in [4.78, 5) is 4.33. The lowest BCUT2D eigenvalue weighted by molar-refractivity contribution is 0.0266. The van der Waals surface area contributed by atoms with Crippen LogP contribution in [0.5, 0.6) is 0 Å². The quantitative estimate of drug-likeness (QED) is 0.587. The maximum absolute atomic E-state index is 5.84. The van der Waals surface area contributed by atoms with Crippen LogP contribution in [0.1, 0.15) is 27.2 Å². The average molecular weight is 263 g/mol. The van der Waals surface area contributed by atoms with E-state index in [0.29, 0.717) is 18.4 Å². The zero-order valence-corrected chi connectivity index (χ0v) is 12.1. The summed E-state index contributed by atoms with van der Waals surface area (Å²) in [5, 5.41) is 3.06. The SMILES string of the molecule is CCOC(CCN=C(N)Nc1ccccc1)C(C)C. The predicted molar refractivity (Wildman–Crippen MR) is 81.4 cm³/mol. The van der Waals surface area contributed by atoms with Crippen LogP contribution in [0.2, 0.25) is 0 Å². The molecule has 0 fully saturated rings. The maximum Gasteiger partial charge on any atom is 0.193 e. The van der Waals surface area contributed by atoms with E-state index in [2.05, 4.69) is 24.2 Å². The van der Waals surface area contributed by atoms with Crippen molar-refractivity contribution < 1.29 is 4.74 Å². The molecule has 1 unspecified atom stereocenters. The zero-order chi connectivity index (χ0) is 14.1. The van der Waals surface area contributed by atoms with Crippen LogP contribution in [0.3, 0.4) is 0 Å². The highest BCUT2D eigenvalue weighted by atomic mass is 16.5. The number of nitrogens with two attached hydrogens (primary N) is 1. The van der Waals surface area contributed by atoms with Crippen LogP contribution in [-0.4, -0.2) is 25.2 Å². The molecule has 0 bridgehead atoms. The minimum Gasteiger partial charge on any atom is -0.378 e. The maximum atomic E-state index is 5.84. The third kappa shape index (κ3) is 6.25. The fourth-order valence-electron chi connectivity index (χ4n) is 1.84. The van der Waals surface area contributed by atoms with Crippen LogP contribution >= 0.6 is 0 Å². The number of guanidine groups is 1. The summed E-state index contributed by atoms with van der Waals surface area (Å²) in [6.45, 7) is 7.76. The molecule has 4 heteroatoms. The zero-order valence-electron chi connectivity index (χ0n) is 12.1. The highest BCUT2D eigenvalue weighted by molar-refractivity contribution is 5.92. The Labute approximate surface area is 116 Å². The second-order valence-corrected chi connectivity index (χ2v) is 4.78. The molecule has 1 aromatic carbocycles. The molecular weight excluding hydrogens is 238 g/mol. The lowest BCUT2D eigenvalue weighted by Gasteiger charge is -2.19. The van der Waals surface area contributed by atoms with Gasteiger partial charge in [-0.15, -0.1) is 0 Å². The van der Waals surface area contributed by atoms with Crippen molar-refractivity contribution in [3.8, 4) is 0 Å². The Balaban J connectivity index is 2.39. The summed E-state index contributed by atoms with van der Waals surface area (Å²) in [5.74, 6) is 0.948. The largest absolute Gasteiger partial charge is 0.378 e. The molecule has 1 atom stereocenters. The number of benzene rings is 1. The van der Waals surface area contributed by atoms with E-state index in [1.54, 1.807) is 0 Å². The molecule has 19 heavy (non-hydrogen) atoms. The summed E-state index contributed by atoms with van der Waals surface area (Å²) in [5.41, 5.74) is 6.79. The standard InChI is InChI=1S/C15H25N3O/c1-4-19-14(12(2)3)10-11-17-15(16)18-13-8-6-5-7-9-13/h5-9,12,14H,4,10-11H2,1-3H3,(H3,16,17,18). The number of nitrogens with one attached hydrogen (secondary N) is 1. The fourth-order valence-corrected chi connectivity index (χ4v) is 1.84. The molecule has 4 nitrogen and oxygen atoms in total. The van der Waals surface area contributed by atoms with Gasteiger partial charge in [-0.3, -0.25) is 4.99 Å². The highest BCUT2D eigenvalue weighted by Gasteiger charge is 2.12. The summed E-state index contributed by atoms with van der Waals surface area (Å²) in [6.07, 6.45) is 1.14. The van der Waals surface area contributed by atoms with Gasteiger partial charge in [0, 0.05) is 18.8 Å². The van der Waals surface area contributed by atoms with Crippen molar-refractivity contribution in [2.45, 2.75) is 33.3 Å². The number of anilines is 1. The van der Waals surface area contributed by atoms with Gasteiger partial charge in [0.05, 0.1) is 6.10 Å². The van der Waals surface area contributed by atoms with Crippen molar-refractivity contribution in [1.82, 2.24) is 0 Å².